The standard InChI is InChI=1S/C11H9Br2N3OS2/c1-16(2)10(17)8-4-3-18-11-5(7(4)14-15-8)6(12)9(13)19-11/h3H2,1-2H3,(H,14,15). The number of H-pyrrole nitrogens is 1. The van der Waals surface area contributed by atoms with E-state index in [2.05, 4.69) is 42.1 Å². The number of thioether (sulfide) groups is 1. The van der Waals surface area contributed by atoms with Gasteiger partial charge in [-0.25, -0.2) is 0 Å². The van der Waals surface area contributed by atoms with Crippen molar-refractivity contribution in [2.75, 3.05) is 14.1 Å². The number of halogens is 2. The quantitative estimate of drug-likeness (QED) is 0.756. The fraction of sp³-hybridized carbons (Fsp3) is 0.273. The first-order valence-corrected chi connectivity index (χ1v) is 8.79. The number of hydrogen-bond donors (Lipinski definition) is 1. The lowest BCUT2D eigenvalue weighted by Gasteiger charge is -2.14. The number of hydrogen-bond acceptors (Lipinski definition) is 4. The molecule has 0 unspecified atom stereocenters. The van der Waals surface area contributed by atoms with E-state index in [9.17, 15) is 4.79 Å². The van der Waals surface area contributed by atoms with Gasteiger partial charge in [0.2, 0.25) is 0 Å². The number of thiophene rings is 1. The number of nitrogens with zero attached hydrogens (tertiary/aromatic N) is 2. The second-order valence-corrected chi connectivity index (χ2v) is 8.64. The molecular weight excluding hydrogens is 414 g/mol. The van der Waals surface area contributed by atoms with Gasteiger partial charge in [0.1, 0.15) is 11.4 Å². The summed E-state index contributed by atoms with van der Waals surface area (Å²) in [5, 5.41) is 7.23. The molecule has 1 aliphatic rings. The van der Waals surface area contributed by atoms with Gasteiger partial charge in [-0.2, -0.15) is 5.10 Å². The highest BCUT2D eigenvalue weighted by Crippen LogP contribution is 2.52. The van der Waals surface area contributed by atoms with Crippen molar-refractivity contribution in [2.45, 2.75) is 9.96 Å². The molecule has 0 saturated heterocycles. The molecule has 1 amide bonds. The minimum atomic E-state index is -0.0387. The molecule has 2 aromatic rings. The maximum absolute atomic E-state index is 12.1. The topological polar surface area (TPSA) is 49.0 Å². The molecule has 19 heavy (non-hydrogen) atoms. The molecule has 0 atom stereocenters. The summed E-state index contributed by atoms with van der Waals surface area (Å²) in [5.41, 5.74) is 3.54. The van der Waals surface area contributed by atoms with Crippen molar-refractivity contribution in [2.24, 2.45) is 0 Å². The molecule has 100 valence electrons. The van der Waals surface area contributed by atoms with Crippen LogP contribution in [0.4, 0.5) is 0 Å². The maximum Gasteiger partial charge on any atom is 0.271 e. The third kappa shape index (κ3) is 2.09. The Kier molecular flexibility index (Phi) is 3.53. The van der Waals surface area contributed by atoms with E-state index in [4.69, 9.17) is 0 Å². The van der Waals surface area contributed by atoms with E-state index in [0.717, 1.165) is 30.8 Å². The number of amides is 1. The zero-order valence-electron chi connectivity index (χ0n) is 10.1. The highest BCUT2D eigenvalue weighted by molar-refractivity contribution is 9.13. The van der Waals surface area contributed by atoms with E-state index in [1.54, 1.807) is 42.1 Å². The number of rotatable bonds is 1. The van der Waals surface area contributed by atoms with E-state index >= 15 is 0 Å². The zero-order valence-corrected chi connectivity index (χ0v) is 14.9. The van der Waals surface area contributed by atoms with Gasteiger partial charge in [0.25, 0.3) is 5.91 Å². The van der Waals surface area contributed by atoms with Crippen molar-refractivity contribution in [1.82, 2.24) is 15.1 Å². The molecule has 1 N–H and O–H groups in total. The van der Waals surface area contributed by atoms with Gasteiger partial charge in [-0.1, -0.05) is 0 Å². The summed E-state index contributed by atoms with van der Waals surface area (Å²) in [5.74, 6) is 0.732. The smallest absolute Gasteiger partial charge is 0.271 e. The highest BCUT2D eigenvalue weighted by Gasteiger charge is 2.30. The number of aromatic nitrogens is 2. The minimum Gasteiger partial charge on any atom is -0.343 e. The van der Waals surface area contributed by atoms with Crippen LogP contribution in [0.1, 0.15) is 16.1 Å². The molecule has 0 radical (unpaired) electrons. The van der Waals surface area contributed by atoms with E-state index in [-0.39, 0.29) is 5.91 Å². The summed E-state index contributed by atoms with van der Waals surface area (Å²) in [7, 11) is 3.49. The summed E-state index contributed by atoms with van der Waals surface area (Å²) >= 11 is 10.5. The molecule has 0 aliphatic carbocycles. The Labute approximate surface area is 135 Å². The normalized spacial score (nSPS) is 13.1. The van der Waals surface area contributed by atoms with Crippen LogP contribution in [0.2, 0.25) is 0 Å². The molecule has 0 bridgehead atoms. The molecule has 0 saturated carbocycles. The average molecular weight is 423 g/mol. The van der Waals surface area contributed by atoms with Crippen LogP contribution in [-0.4, -0.2) is 35.1 Å². The van der Waals surface area contributed by atoms with Crippen molar-refractivity contribution < 1.29 is 4.79 Å². The summed E-state index contributed by atoms with van der Waals surface area (Å²) in [6.45, 7) is 0. The lowest BCUT2D eigenvalue weighted by atomic mass is 10.1. The number of fused-ring (bicyclic) bond motifs is 3. The Morgan fingerprint density at radius 1 is 1.42 bits per heavy atom. The van der Waals surface area contributed by atoms with Gasteiger partial charge in [0.15, 0.2) is 0 Å². The van der Waals surface area contributed by atoms with Crippen molar-refractivity contribution >= 4 is 60.9 Å². The van der Waals surface area contributed by atoms with Crippen LogP contribution < -0.4 is 0 Å². The average Bonchev–Trinajstić information content (AvgIpc) is 2.90. The fourth-order valence-electron chi connectivity index (χ4n) is 1.92. The summed E-state index contributed by atoms with van der Waals surface area (Å²) < 4.78 is 3.29. The molecule has 3 rings (SSSR count). The Hall–Kier alpha value is -0.310. The Bertz CT molecular complexity index is 678. The van der Waals surface area contributed by atoms with Crippen molar-refractivity contribution in [3.8, 4) is 11.3 Å². The third-order valence-corrected chi connectivity index (χ3v) is 7.60. The van der Waals surface area contributed by atoms with Gasteiger partial charge in [-0.05, 0) is 31.9 Å². The monoisotopic (exact) mass is 421 g/mol. The van der Waals surface area contributed by atoms with E-state index in [1.807, 2.05) is 0 Å². The van der Waals surface area contributed by atoms with Crippen molar-refractivity contribution in [3.05, 3.63) is 19.5 Å². The summed E-state index contributed by atoms with van der Waals surface area (Å²) in [6, 6.07) is 0. The fourth-order valence-corrected chi connectivity index (χ4v) is 6.03. The molecule has 4 nitrogen and oxygen atoms in total. The highest BCUT2D eigenvalue weighted by atomic mass is 79.9. The van der Waals surface area contributed by atoms with Gasteiger partial charge in [0, 0.05) is 31.0 Å². The van der Waals surface area contributed by atoms with Crippen LogP contribution in [0.5, 0.6) is 0 Å². The largest absolute Gasteiger partial charge is 0.343 e. The zero-order chi connectivity index (χ0) is 13.7. The number of carbonyl (C=O) groups is 1. The van der Waals surface area contributed by atoms with Crippen LogP contribution in [0.25, 0.3) is 11.3 Å². The van der Waals surface area contributed by atoms with Crippen LogP contribution >= 0.6 is 55.0 Å². The molecule has 0 spiro atoms. The molecule has 1 aliphatic heterocycles. The predicted molar refractivity (Wildman–Crippen MR) is 84.9 cm³/mol. The molecule has 0 fully saturated rings. The first-order valence-electron chi connectivity index (χ1n) is 5.40. The Morgan fingerprint density at radius 3 is 2.84 bits per heavy atom. The first-order chi connectivity index (χ1) is 9.00. The maximum atomic E-state index is 12.1. The van der Waals surface area contributed by atoms with Gasteiger partial charge in [0.05, 0.1) is 12.5 Å². The molecule has 2 aromatic heterocycles. The molecule has 0 aromatic carbocycles. The minimum absolute atomic E-state index is 0.0387. The van der Waals surface area contributed by atoms with Crippen LogP contribution in [0, 0.1) is 0 Å². The number of carbonyl (C=O) groups excluding carboxylic acids is 1. The lowest BCUT2D eigenvalue weighted by molar-refractivity contribution is 0.0821. The number of nitrogens with one attached hydrogen (secondary N) is 1. The van der Waals surface area contributed by atoms with Crippen LogP contribution in [-0.2, 0) is 5.75 Å². The molecular formula is C11H9Br2N3OS2. The summed E-state index contributed by atoms with van der Waals surface area (Å²) in [4.78, 5) is 13.7. The van der Waals surface area contributed by atoms with Crippen LogP contribution in [0.3, 0.4) is 0 Å². The Morgan fingerprint density at radius 2 is 2.16 bits per heavy atom. The Balaban J connectivity index is 2.17. The third-order valence-electron chi connectivity index (χ3n) is 2.85. The second kappa shape index (κ2) is 4.91. The SMILES string of the molecule is CN(C)C(=O)c1[nH]nc2c1CSc1sc(Br)c(Br)c1-2. The van der Waals surface area contributed by atoms with Crippen molar-refractivity contribution in [3.63, 3.8) is 0 Å². The van der Waals surface area contributed by atoms with Crippen molar-refractivity contribution in [1.29, 1.82) is 0 Å². The molecule has 8 heteroatoms. The van der Waals surface area contributed by atoms with Gasteiger partial charge in [-0.15, -0.1) is 23.1 Å². The predicted octanol–water partition coefficient (Wildman–Crippen LogP) is 3.97. The second-order valence-electron chi connectivity index (χ2n) is 4.27. The molecule has 3 heterocycles. The van der Waals surface area contributed by atoms with Gasteiger partial charge >= 0.3 is 0 Å². The lowest BCUT2D eigenvalue weighted by Crippen LogP contribution is -2.23. The number of aromatic amines is 1. The van der Waals surface area contributed by atoms with E-state index in [0.29, 0.717) is 5.69 Å². The summed E-state index contributed by atoms with van der Waals surface area (Å²) in [6.07, 6.45) is 0. The van der Waals surface area contributed by atoms with E-state index < -0.39 is 0 Å². The van der Waals surface area contributed by atoms with Gasteiger partial charge < -0.3 is 4.90 Å². The van der Waals surface area contributed by atoms with E-state index in [1.165, 1.54) is 4.21 Å². The van der Waals surface area contributed by atoms with Gasteiger partial charge in [-0.3, -0.25) is 9.89 Å². The first kappa shape index (κ1) is 13.7. The van der Waals surface area contributed by atoms with Crippen LogP contribution in [0.15, 0.2) is 12.5 Å².